The minimum atomic E-state index is -4.76. The van der Waals surface area contributed by atoms with Crippen molar-refractivity contribution >= 4 is 5.69 Å². The number of benzene rings is 1. The third-order valence-electron chi connectivity index (χ3n) is 2.17. The number of nitrogens with one attached hydrogen (secondary N) is 1. The molecule has 0 bridgehead atoms. The second-order valence-corrected chi connectivity index (χ2v) is 3.47. The summed E-state index contributed by atoms with van der Waals surface area (Å²) in [6.07, 6.45) is -4.76. The molecule has 0 unspecified atom stereocenters. The van der Waals surface area contributed by atoms with Crippen LogP contribution in [0.1, 0.15) is 5.56 Å². The lowest BCUT2D eigenvalue weighted by atomic mass is 10.1. The Balaban J connectivity index is 2.64. The predicted molar refractivity (Wildman–Crippen MR) is 54.2 cm³/mol. The first kappa shape index (κ1) is 12.8. The molecule has 19 heavy (non-hydrogen) atoms. The van der Waals surface area contributed by atoms with E-state index in [2.05, 4.69) is 9.68 Å². The molecular weight excluding hydrogens is 271 g/mol. The molecule has 0 amide bonds. The summed E-state index contributed by atoms with van der Waals surface area (Å²) in [6, 6.07) is 1.87. The second-order valence-electron chi connectivity index (χ2n) is 3.47. The SMILES string of the molecule is O=c1[nH]c(-c2cc([N+](=O)[O-])cc(C(F)(F)F)c2)no1. The van der Waals surface area contributed by atoms with Crippen LogP contribution in [-0.2, 0) is 6.18 Å². The van der Waals surface area contributed by atoms with Gasteiger partial charge in [0.05, 0.1) is 10.5 Å². The predicted octanol–water partition coefficient (Wildman–Crippen LogP) is 1.96. The van der Waals surface area contributed by atoms with Gasteiger partial charge in [-0.1, -0.05) is 5.16 Å². The van der Waals surface area contributed by atoms with Crippen molar-refractivity contribution in [2.45, 2.75) is 6.18 Å². The number of rotatable bonds is 2. The molecule has 0 aliphatic carbocycles. The van der Waals surface area contributed by atoms with Crippen LogP contribution in [0.25, 0.3) is 11.4 Å². The Labute approximate surface area is 101 Å². The van der Waals surface area contributed by atoms with Gasteiger partial charge in [-0.2, -0.15) is 13.2 Å². The smallest absolute Gasteiger partial charge is 0.296 e. The monoisotopic (exact) mass is 275 g/mol. The van der Waals surface area contributed by atoms with Crippen molar-refractivity contribution in [3.05, 3.63) is 44.4 Å². The number of halogens is 3. The number of hydrogen-bond donors (Lipinski definition) is 1. The van der Waals surface area contributed by atoms with Crippen LogP contribution in [-0.4, -0.2) is 15.1 Å². The summed E-state index contributed by atoms with van der Waals surface area (Å²) < 4.78 is 41.9. The Kier molecular flexibility index (Phi) is 2.85. The molecule has 2 rings (SSSR count). The molecule has 1 N–H and O–H groups in total. The first-order valence-electron chi connectivity index (χ1n) is 4.70. The van der Waals surface area contributed by atoms with Crippen LogP contribution < -0.4 is 5.76 Å². The van der Waals surface area contributed by atoms with Crippen LogP contribution in [0.15, 0.2) is 27.5 Å². The van der Waals surface area contributed by atoms with Gasteiger partial charge >= 0.3 is 11.9 Å². The minimum Gasteiger partial charge on any atom is -0.296 e. The van der Waals surface area contributed by atoms with Gasteiger partial charge in [-0.05, 0) is 6.07 Å². The molecule has 0 fully saturated rings. The zero-order valence-corrected chi connectivity index (χ0v) is 8.89. The third kappa shape index (κ3) is 2.61. The zero-order chi connectivity index (χ0) is 14.2. The molecule has 0 aliphatic rings. The summed E-state index contributed by atoms with van der Waals surface area (Å²) >= 11 is 0. The number of alkyl halides is 3. The Morgan fingerprint density at radius 2 is 2.00 bits per heavy atom. The van der Waals surface area contributed by atoms with Gasteiger partial charge in [-0.3, -0.25) is 19.6 Å². The summed E-state index contributed by atoms with van der Waals surface area (Å²) in [4.78, 5) is 22.4. The van der Waals surface area contributed by atoms with Gasteiger partial charge in [0, 0.05) is 17.7 Å². The molecule has 0 radical (unpaired) electrons. The standard InChI is InChI=1S/C9H4F3N3O4/c10-9(11,12)5-1-4(2-6(3-5)15(17)18)7-13-8(16)19-14-7/h1-3H,(H,13,14,16). The fourth-order valence-electron chi connectivity index (χ4n) is 1.37. The Morgan fingerprint density at radius 3 is 2.47 bits per heavy atom. The molecule has 2 aromatic rings. The van der Waals surface area contributed by atoms with Gasteiger partial charge in [0.25, 0.3) is 5.69 Å². The fourth-order valence-corrected chi connectivity index (χ4v) is 1.37. The maximum absolute atomic E-state index is 12.6. The Bertz CT molecular complexity index is 689. The maximum Gasteiger partial charge on any atom is 0.439 e. The molecule has 0 saturated heterocycles. The van der Waals surface area contributed by atoms with Crippen molar-refractivity contribution in [1.82, 2.24) is 10.1 Å². The maximum atomic E-state index is 12.6. The molecule has 10 heteroatoms. The molecule has 1 aromatic carbocycles. The lowest BCUT2D eigenvalue weighted by molar-refractivity contribution is -0.385. The fraction of sp³-hybridized carbons (Fsp3) is 0.111. The Hall–Kier alpha value is -2.65. The van der Waals surface area contributed by atoms with E-state index >= 15 is 0 Å². The van der Waals surface area contributed by atoms with E-state index < -0.39 is 28.1 Å². The molecule has 0 aliphatic heterocycles. The Morgan fingerprint density at radius 1 is 1.32 bits per heavy atom. The number of aromatic nitrogens is 2. The van der Waals surface area contributed by atoms with Gasteiger partial charge in [0.15, 0.2) is 5.82 Å². The van der Waals surface area contributed by atoms with Crippen LogP contribution in [0.5, 0.6) is 0 Å². The van der Waals surface area contributed by atoms with E-state index in [4.69, 9.17) is 0 Å². The van der Waals surface area contributed by atoms with Crippen LogP contribution in [0.3, 0.4) is 0 Å². The van der Waals surface area contributed by atoms with Gasteiger partial charge in [0.1, 0.15) is 0 Å². The van der Waals surface area contributed by atoms with Crippen molar-refractivity contribution in [2.24, 2.45) is 0 Å². The third-order valence-corrected chi connectivity index (χ3v) is 2.17. The van der Waals surface area contributed by atoms with Crippen molar-refractivity contribution in [1.29, 1.82) is 0 Å². The average molecular weight is 275 g/mol. The van der Waals surface area contributed by atoms with E-state index in [1.165, 1.54) is 0 Å². The topological polar surface area (TPSA) is 102 Å². The minimum absolute atomic E-state index is 0.271. The van der Waals surface area contributed by atoms with Crippen molar-refractivity contribution < 1.29 is 22.6 Å². The molecule has 0 saturated carbocycles. The number of nitrogens with zero attached hydrogens (tertiary/aromatic N) is 2. The first-order chi connectivity index (χ1) is 8.77. The van der Waals surface area contributed by atoms with E-state index in [1.54, 1.807) is 0 Å². The van der Waals surface area contributed by atoms with Crippen molar-refractivity contribution in [3.8, 4) is 11.4 Å². The van der Waals surface area contributed by atoms with Crippen LogP contribution in [0, 0.1) is 10.1 Å². The molecule has 0 spiro atoms. The average Bonchev–Trinajstić information content (AvgIpc) is 2.74. The summed E-state index contributed by atoms with van der Waals surface area (Å²) in [6.45, 7) is 0. The van der Waals surface area contributed by atoms with Crippen LogP contribution in [0.2, 0.25) is 0 Å². The van der Waals surface area contributed by atoms with E-state index in [9.17, 15) is 28.1 Å². The van der Waals surface area contributed by atoms with Crippen LogP contribution in [0.4, 0.5) is 18.9 Å². The van der Waals surface area contributed by atoms with Crippen molar-refractivity contribution in [2.75, 3.05) is 0 Å². The second kappa shape index (κ2) is 4.23. The number of nitro benzene ring substituents is 1. The number of aromatic amines is 1. The van der Waals surface area contributed by atoms with Gasteiger partial charge in [-0.15, -0.1) is 0 Å². The number of hydrogen-bond acceptors (Lipinski definition) is 5. The molecule has 7 nitrogen and oxygen atoms in total. The quantitative estimate of drug-likeness (QED) is 0.666. The summed E-state index contributed by atoms with van der Waals surface area (Å²) in [7, 11) is 0. The van der Waals surface area contributed by atoms with E-state index in [1.807, 2.05) is 4.98 Å². The summed E-state index contributed by atoms with van der Waals surface area (Å²) in [5.41, 5.74) is -2.26. The zero-order valence-electron chi connectivity index (χ0n) is 8.89. The van der Waals surface area contributed by atoms with Gasteiger partial charge in [0.2, 0.25) is 0 Å². The largest absolute Gasteiger partial charge is 0.439 e. The van der Waals surface area contributed by atoms with Crippen LogP contribution >= 0.6 is 0 Å². The summed E-state index contributed by atoms with van der Waals surface area (Å²) in [5, 5.41) is 13.8. The van der Waals surface area contributed by atoms with E-state index in [-0.39, 0.29) is 11.4 Å². The highest BCUT2D eigenvalue weighted by atomic mass is 19.4. The highest BCUT2D eigenvalue weighted by molar-refractivity contribution is 5.60. The molecule has 100 valence electrons. The molecule has 1 heterocycles. The van der Waals surface area contributed by atoms with Gasteiger partial charge in [-0.25, -0.2) is 4.79 Å². The highest BCUT2D eigenvalue weighted by Gasteiger charge is 2.33. The first-order valence-corrected chi connectivity index (χ1v) is 4.70. The summed E-state index contributed by atoms with van der Waals surface area (Å²) in [5.74, 6) is -1.30. The molecular formula is C9H4F3N3O4. The number of nitro groups is 1. The van der Waals surface area contributed by atoms with E-state index in [0.717, 1.165) is 6.07 Å². The number of non-ortho nitro benzene ring substituents is 1. The highest BCUT2D eigenvalue weighted by Crippen LogP contribution is 2.34. The normalized spacial score (nSPS) is 11.5. The van der Waals surface area contributed by atoms with E-state index in [0.29, 0.717) is 12.1 Å². The molecule has 0 atom stereocenters. The number of H-pyrrole nitrogens is 1. The lowest BCUT2D eigenvalue weighted by Crippen LogP contribution is -2.06. The molecule has 1 aromatic heterocycles. The van der Waals surface area contributed by atoms with Crippen molar-refractivity contribution in [3.63, 3.8) is 0 Å². The van der Waals surface area contributed by atoms with Gasteiger partial charge < -0.3 is 0 Å². The lowest BCUT2D eigenvalue weighted by Gasteiger charge is -2.07.